The molecule has 0 aromatic rings. The molecule has 0 unspecified atom stereocenters. The van der Waals surface area contributed by atoms with Crippen LogP contribution in [0.25, 0.3) is 10.4 Å². The minimum atomic E-state index is 0. The zero-order valence-corrected chi connectivity index (χ0v) is 11.3. The van der Waals surface area contributed by atoms with E-state index in [1.807, 2.05) is 0 Å². The molecule has 0 aliphatic rings. The molecule has 0 atom stereocenters. The van der Waals surface area contributed by atoms with Crippen molar-refractivity contribution in [1.29, 1.82) is 0 Å². The molecule has 9 nitrogen and oxygen atoms in total. The maximum Gasteiger partial charge on any atom is 0.0513 e. The van der Waals surface area contributed by atoms with E-state index in [9.17, 15) is 0 Å². The van der Waals surface area contributed by atoms with Crippen LogP contribution in [0, 0.1) is 52.6 Å². The van der Waals surface area contributed by atoms with Crippen molar-refractivity contribution in [3.8, 4) is 0 Å². The van der Waals surface area contributed by atoms with Crippen LogP contribution in [0.5, 0.6) is 0 Å². The van der Waals surface area contributed by atoms with Gasteiger partial charge in [0.15, 0.2) is 0 Å². The molecule has 0 aromatic heterocycles. The smallest absolute Gasteiger partial charge is 0.0513 e. The van der Waals surface area contributed by atoms with E-state index in [0.717, 1.165) is 0 Å². The molecule has 0 spiro atoms. The van der Waals surface area contributed by atoms with E-state index in [1.165, 1.54) is 0 Å². The predicted molar refractivity (Wildman–Crippen MR) is 45.1 cm³/mol. The molecule has 0 bridgehead atoms. The van der Waals surface area contributed by atoms with Crippen LogP contribution < -0.4 is 0 Å². The first-order valence-electron chi connectivity index (χ1n) is 2.58. The van der Waals surface area contributed by atoms with Gasteiger partial charge in [-0.15, -0.1) is 0 Å². The van der Waals surface area contributed by atoms with Crippen LogP contribution in [0.15, 0.2) is 5.11 Å². The van der Waals surface area contributed by atoms with Gasteiger partial charge in [0.2, 0.25) is 0 Å². The van der Waals surface area contributed by atoms with Crippen LogP contribution in [0.1, 0.15) is 0 Å². The molecule has 0 heterocycles. The first kappa shape index (κ1) is 62.8. The summed E-state index contributed by atoms with van der Waals surface area (Å²) in [5.74, 6) is 0. The van der Waals surface area contributed by atoms with Crippen molar-refractivity contribution in [3.05, 3.63) is 63.0 Å². The SMILES string of the molecule is [C-]#[O+].[C-]#[O+].[C-]#[O+].[C-]#[O+].[C-]#[O+].[C-]#[O+].[CH]=[C]CN=[N+]=[N-].[Co].[Co]. The van der Waals surface area contributed by atoms with E-state index in [0.29, 0.717) is 0 Å². The first-order valence-corrected chi connectivity index (χ1v) is 2.58. The van der Waals surface area contributed by atoms with E-state index in [2.05, 4.69) is 56.0 Å². The van der Waals surface area contributed by atoms with Gasteiger partial charge in [-0.25, -0.2) is 0 Å². The molecule has 0 rings (SSSR count). The molecular formula is C9H3Co2N3O6. The van der Waals surface area contributed by atoms with Crippen molar-refractivity contribution in [1.82, 2.24) is 0 Å². The second kappa shape index (κ2) is 761. The van der Waals surface area contributed by atoms with Gasteiger partial charge in [0.05, 0.1) is 6.54 Å². The summed E-state index contributed by atoms with van der Waals surface area (Å²) in [7, 11) is 0. The Balaban J connectivity index is -0.0000000109. The summed E-state index contributed by atoms with van der Waals surface area (Å²) in [4.78, 5) is 2.41. The number of azide groups is 1. The Labute approximate surface area is 136 Å². The average molecular weight is 367 g/mol. The fraction of sp³-hybridized carbons (Fsp3) is 0.111. The Morgan fingerprint density at radius 3 is 1.05 bits per heavy atom. The van der Waals surface area contributed by atoms with Gasteiger partial charge in [-0.3, -0.25) is 0 Å². The Morgan fingerprint density at radius 2 is 1.00 bits per heavy atom. The Kier molecular flexibility index (Phi) is 2390. The third kappa shape index (κ3) is 1760. The maximum absolute atomic E-state index is 7.56. The molecule has 0 aliphatic carbocycles. The minimum absolute atomic E-state index is 0. The number of rotatable bonds is 2. The van der Waals surface area contributed by atoms with Crippen molar-refractivity contribution in [2.75, 3.05) is 6.54 Å². The Bertz CT molecular complexity index is 243. The third-order valence-corrected chi connectivity index (χ3v) is 0.225. The van der Waals surface area contributed by atoms with Crippen molar-refractivity contribution in [2.24, 2.45) is 5.11 Å². The second-order valence-corrected chi connectivity index (χ2v) is 0.593. The number of nitrogens with zero attached hydrogens (tertiary/aromatic N) is 3. The monoisotopic (exact) mass is 367 g/mol. The summed E-state index contributed by atoms with van der Waals surface area (Å²) in [5.41, 5.74) is 7.56. The quantitative estimate of drug-likeness (QED) is 0.222. The molecule has 0 saturated heterocycles. The molecule has 0 aromatic carbocycles. The Morgan fingerprint density at radius 1 is 0.800 bits per heavy atom. The van der Waals surface area contributed by atoms with Gasteiger partial charge < -0.3 is 0 Å². The molecule has 108 valence electrons. The van der Waals surface area contributed by atoms with Crippen LogP contribution in [-0.4, -0.2) is 6.54 Å². The zero-order valence-electron chi connectivity index (χ0n) is 9.24. The Hall–Kier alpha value is -1.50. The summed E-state index contributed by atoms with van der Waals surface area (Å²) in [6.07, 6.45) is 2.15. The summed E-state index contributed by atoms with van der Waals surface area (Å²) < 4.78 is 45.0. The van der Waals surface area contributed by atoms with Crippen molar-refractivity contribution < 1.29 is 61.5 Å². The third-order valence-electron chi connectivity index (χ3n) is 0.225. The van der Waals surface area contributed by atoms with Crippen LogP contribution in [-0.2, 0) is 61.5 Å². The largest absolute Gasteiger partial charge is 0.0893 e. The van der Waals surface area contributed by atoms with E-state index < -0.39 is 0 Å². The van der Waals surface area contributed by atoms with Gasteiger partial charge in [-0.1, -0.05) is 11.7 Å². The number of hydrogen-bond acceptors (Lipinski definition) is 1. The molecule has 0 amide bonds. The van der Waals surface area contributed by atoms with E-state index >= 15 is 0 Å². The van der Waals surface area contributed by atoms with Crippen molar-refractivity contribution in [3.63, 3.8) is 0 Å². The van der Waals surface area contributed by atoms with Gasteiger partial charge in [0.25, 0.3) is 0 Å². The van der Waals surface area contributed by atoms with Crippen LogP contribution in [0.3, 0.4) is 0 Å². The molecule has 20 heavy (non-hydrogen) atoms. The topological polar surface area (TPSA) is 168 Å². The normalized spacial score (nSPS) is 2.40. The summed E-state index contributed by atoms with van der Waals surface area (Å²) >= 11 is 0. The van der Waals surface area contributed by atoms with E-state index in [-0.39, 0.29) is 40.1 Å². The predicted octanol–water partition coefficient (Wildman–Crippen LogP) is 0.859. The van der Waals surface area contributed by atoms with Crippen LogP contribution in [0.4, 0.5) is 0 Å². The molecule has 0 saturated carbocycles. The van der Waals surface area contributed by atoms with Gasteiger partial charge >= 0.3 is 67.8 Å². The average Bonchev–Trinajstić information content (AvgIpc) is 2.57. The minimum Gasteiger partial charge on any atom is -0.0893 e. The van der Waals surface area contributed by atoms with Gasteiger partial charge in [-0.05, 0) is 11.6 Å². The van der Waals surface area contributed by atoms with Crippen LogP contribution in [0.2, 0.25) is 0 Å². The van der Waals surface area contributed by atoms with E-state index in [1.54, 1.807) is 0 Å². The van der Waals surface area contributed by atoms with E-state index in [4.69, 9.17) is 40.0 Å². The molecule has 0 N–H and O–H groups in total. The van der Waals surface area contributed by atoms with Gasteiger partial charge in [0.1, 0.15) is 0 Å². The standard InChI is InChI=1S/C3H3N3.6CO.2Co/c1-2-3-5-6-4;6*1-2;;/h1H,3H2;;;;;;;;. The molecular weight excluding hydrogens is 364 g/mol. The molecule has 0 aliphatic heterocycles. The molecule has 11 heteroatoms. The van der Waals surface area contributed by atoms with Gasteiger partial charge in [0, 0.05) is 38.5 Å². The number of hydrogen-bond donors (Lipinski definition) is 0. The fourth-order valence-corrected chi connectivity index (χ4v) is 0.0724. The molecule has 0 fully saturated rings. The van der Waals surface area contributed by atoms with Crippen molar-refractivity contribution >= 4 is 0 Å². The van der Waals surface area contributed by atoms with Crippen LogP contribution >= 0.6 is 0 Å². The maximum atomic E-state index is 7.56. The summed E-state index contributed by atoms with van der Waals surface area (Å²) in [5, 5.41) is 3.03. The first-order chi connectivity index (χ1) is 8.91. The fourth-order valence-electron chi connectivity index (χ4n) is 0.0724. The summed E-state index contributed by atoms with van der Waals surface area (Å²) in [6.45, 7) is 31.8. The second-order valence-electron chi connectivity index (χ2n) is 0.593. The summed E-state index contributed by atoms with van der Waals surface area (Å²) in [6, 6.07) is 0. The zero-order chi connectivity index (χ0) is 16.8. The van der Waals surface area contributed by atoms with Gasteiger partial charge in [-0.2, -0.15) is 0 Å². The van der Waals surface area contributed by atoms with Crippen molar-refractivity contribution in [2.45, 2.75) is 0 Å². The molecule has 4 radical (unpaired) electrons.